The number of carbonyl (C=O) groups is 5. The Morgan fingerprint density at radius 2 is 1.89 bits per heavy atom. The molecule has 0 saturated carbocycles. The second-order valence-electron chi connectivity index (χ2n) is 6.36. The van der Waals surface area contributed by atoms with Crippen LogP contribution in [-0.4, -0.2) is 82.8 Å². The number of hydrogen-bond acceptors (Lipinski definition) is 7. The van der Waals surface area contributed by atoms with Crippen molar-refractivity contribution in [2.45, 2.75) is 43.8 Å². The van der Waals surface area contributed by atoms with Gasteiger partial charge in [0.05, 0.1) is 13.0 Å². The normalized spacial score (nSPS) is 18.2. The highest BCUT2D eigenvalue weighted by atomic mass is 32.2. The smallest absolute Gasteiger partial charge is 0.326 e. The minimum atomic E-state index is -1.49. The SMILES string of the molecule is CSCCC(NC(=O)C1CCCN1C(=O)CN)C(=O)NC(CC(N)=O)C(=O)O. The van der Waals surface area contributed by atoms with Gasteiger partial charge in [-0.1, -0.05) is 0 Å². The van der Waals surface area contributed by atoms with Crippen LogP contribution in [0.2, 0.25) is 0 Å². The van der Waals surface area contributed by atoms with Crippen molar-refractivity contribution in [3.63, 3.8) is 0 Å². The number of primary amides is 1. The Labute approximate surface area is 166 Å². The van der Waals surface area contributed by atoms with Crippen LogP contribution in [-0.2, 0) is 24.0 Å². The molecular formula is C16H27N5O6S. The zero-order valence-electron chi connectivity index (χ0n) is 15.7. The van der Waals surface area contributed by atoms with Crippen LogP contribution < -0.4 is 22.1 Å². The van der Waals surface area contributed by atoms with E-state index in [0.717, 1.165) is 0 Å². The predicted octanol–water partition coefficient (Wildman–Crippen LogP) is -2.38. The van der Waals surface area contributed by atoms with Gasteiger partial charge in [-0.05, 0) is 31.3 Å². The number of hydrogen-bond donors (Lipinski definition) is 5. The Morgan fingerprint density at radius 1 is 1.21 bits per heavy atom. The van der Waals surface area contributed by atoms with E-state index < -0.39 is 48.2 Å². The molecule has 3 unspecified atom stereocenters. The lowest BCUT2D eigenvalue weighted by molar-refractivity contribution is -0.144. The van der Waals surface area contributed by atoms with Gasteiger partial charge in [0.15, 0.2) is 0 Å². The van der Waals surface area contributed by atoms with Crippen LogP contribution >= 0.6 is 11.8 Å². The Hall–Kier alpha value is -2.34. The van der Waals surface area contributed by atoms with Crippen molar-refractivity contribution in [1.82, 2.24) is 15.5 Å². The van der Waals surface area contributed by atoms with Crippen molar-refractivity contribution in [3.05, 3.63) is 0 Å². The molecule has 4 amide bonds. The highest BCUT2D eigenvalue weighted by molar-refractivity contribution is 7.98. The number of carbonyl (C=O) groups excluding carboxylic acids is 4. The quantitative estimate of drug-likeness (QED) is 0.246. The number of amides is 4. The molecule has 11 nitrogen and oxygen atoms in total. The second-order valence-corrected chi connectivity index (χ2v) is 7.35. The number of carboxylic acids is 1. The fourth-order valence-corrected chi connectivity index (χ4v) is 3.37. The van der Waals surface area contributed by atoms with Gasteiger partial charge >= 0.3 is 5.97 Å². The van der Waals surface area contributed by atoms with Gasteiger partial charge in [-0.15, -0.1) is 0 Å². The molecule has 7 N–H and O–H groups in total. The molecule has 0 aliphatic carbocycles. The van der Waals surface area contributed by atoms with Crippen LogP contribution in [0.5, 0.6) is 0 Å². The molecule has 0 aromatic carbocycles. The lowest BCUT2D eigenvalue weighted by Gasteiger charge is -2.26. The molecule has 1 rings (SSSR count). The third kappa shape index (κ3) is 7.00. The molecule has 1 heterocycles. The number of rotatable bonds is 11. The van der Waals surface area contributed by atoms with Gasteiger partial charge in [0.1, 0.15) is 18.1 Å². The summed E-state index contributed by atoms with van der Waals surface area (Å²) in [6.45, 7) is 0.197. The molecule has 0 aromatic heterocycles. The minimum absolute atomic E-state index is 0.215. The first kappa shape index (κ1) is 23.7. The molecule has 158 valence electrons. The van der Waals surface area contributed by atoms with Crippen LogP contribution in [0.3, 0.4) is 0 Å². The molecule has 0 spiro atoms. The molecule has 1 aliphatic rings. The third-order valence-electron chi connectivity index (χ3n) is 4.31. The van der Waals surface area contributed by atoms with E-state index in [4.69, 9.17) is 16.6 Å². The fraction of sp³-hybridized carbons (Fsp3) is 0.688. The zero-order chi connectivity index (χ0) is 21.3. The average molecular weight is 417 g/mol. The number of aliphatic carboxylic acids is 1. The Morgan fingerprint density at radius 3 is 2.43 bits per heavy atom. The Bertz CT molecular complexity index is 616. The van der Waals surface area contributed by atoms with Gasteiger partial charge in [-0.3, -0.25) is 19.2 Å². The third-order valence-corrected chi connectivity index (χ3v) is 4.96. The van der Waals surface area contributed by atoms with Crippen molar-refractivity contribution in [2.75, 3.05) is 25.1 Å². The highest BCUT2D eigenvalue weighted by Gasteiger charge is 2.35. The van der Waals surface area contributed by atoms with E-state index in [1.807, 2.05) is 6.26 Å². The maximum atomic E-state index is 12.6. The summed E-state index contributed by atoms with van der Waals surface area (Å²) in [6.07, 6.45) is 2.60. The maximum absolute atomic E-state index is 12.6. The van der Waals surface area contributed by atoms with Gasteiger partial charge in [0.25, 0.3) is 0 Å². The van der Waals surface area contributed by atoms with Gasteiger partial charge < -0.3 is 32.1 Å². The first-order chi connectivity index (χ1) is 13.2. The van der Waals surface area contributed by atoms with E-state index in [1.54, 1.807) is 0 Å². The summed E-state index contributed by atoms with van der Waals surface area (Å²) in [4.78, 5) is 60.6. The summed E-state index contributed by atoms with van der Waals surface area (Å²) in [7, 11) is 0. The minimum Gasteiger partial charge on any atom is -0.480 e. The highest BCUT2D eigenvalue weighted by Crippen LogP contribution is 2.17. The molecule has 1 fully saturated rings. The Kier molecular flexibility index (Phi) is 9.73. The summed E-state index contributed by atoms with van der Waals surface area (Å²) in [5.41, 5.74) is 10.4. The fourth-order valence-electron chi connectivity index (χ4n) is 2.90. The van der Waals surface area contributed by atoms with Gasteiger partial charge in [-0.2, -0.15) is 11.8 Å². The van der Waals surface area contributed by atoms with Crippen LogP contribution in [0.1, 0.15) is 25.7 Å². The molecule has 1 saturated heterocycles. The summed E-state index contributed by atoms with van der Waals surface area (Å²) >= 11 is 1.45. The molecule has 12 heteroatoms. The number of thioether (sulfide) groups is 1. The average Bonchev–Trinajstić information content (AvgIpc) is 3.13. The maximum Gasteiger partial charge on any atom is 0.326 e. The zero-order valence-corrected chi connectivity index (χ0v) is 16.5. The molecule has 3 atom stereocenters. The van der Waals surface area contributed by atoms with Gasteiger partial charge in [0.2, 0.25) is 23.6 Å². The molecule has 0 bridgehead atoms. The van der Waals surface area contributed by atoms with E-state index in [9.17, 15) is 24.0 Å². The van der Waals surface area contributed by atoms with Crippen LogP contribution in [0.15, 0.2) is 0 Å². The second kappa shape index (κ2) is 11.5. The molecule has 0 radical (unpaired) electrons. The Balaban J connectivity index is 2.84. The van der Waals surface area contributed by atoms with Crippen LogP contribution in [0.25, 0.3) is 0 Å². The molecular weight excluding hydrogens is 390 g/mol. The van der Waals surface area contributed by atoms with Crippen molar-refractivity contribution < 1.29 is 29.1 Å². The monoisotopic (exact) mass is 417 g/mol. The molecule has 1 aliphatic heterocycles. The molecule has 0 aromatic rings. The van der Waals surface area contributed by atoms with Crippen LogP contribution in [0.4, 0.5) is 0 Å². The summed E-state index contributed by atoms with van der Waals surface area (Å²) in [5.74, 6) is -3.33. The number of likely N-dealkylation sites (tertiary alicyclic amines) is 1. The first-order valence-electron chi connectivity index (χ1n) is 8.81. The van der Waals surface area contributed by atoms with Crippen LogP contribution in [0, 0.1) is 0 Å². The number of nitrogens with zero attached hydrogens (tertiary/aromatic N) is 1. The van der Waals surface area contributed by atoms with Crippen molar-refractivity contribution >= 4 is 41.4 Å². The number of nitrogens with two attached hydrogens (primary N) is 2. The van der Waals surface area contributed by atoms with E-state index in [1.165, 1.54) is 16.7 Å². The van der Waals surface area contributed by atoms with Gasteiger partial charge in [-0.25, -0.2) is 4.79 Å². The largest absolute Gasteiger partial charge is 0.480 e. The summed E-state index contributed by atoms with van der Waals surface area (Å²) < 4.78 is 0. The van der Waals surface area contributed by atoms with Crippen molar-refractivity contribution in [2.24, 2.45) is 11.5 Å². The first-order valence-corrected chi connectivity index (χ1v) is 10.2. The van der Waals surface area contributed by atoms with E-state index in [0.29, 0.717) is 25.1 Å². The summed E-state index contributed by atoms with van der Waals surface area (Å²) in [6, 6.07) is -3.22. The van der Waals surface area contributed by atoms with E-state index >= 15 is 0 Å². The van der Waals surface area contributed by atoms with Gasteiger partial charge in [0, 0.05) is 6.54 Å². The standard InChI is InChI=1S/C16H27N5O6S/c1-28-6-4-9(14(24)20-10(16(26)27)7-12(18)22)19-15(25)11-3-2-5-21(11)13(23)8-17/h9-11H,2-8,17H2,1H3,(H2,18,22)(H,19,25)(H,20,24)(H,26,27). The number of nitrogens with one attached hydrogen (secondary N) is 2. The summed E-state index contributed by atoms with van der Waals surface area (Å²) in [5, 5.41) is 14.0. The van der Waals surface area contributed by atoms with Crippen molar-refractivity contribution in [3.8, 4) is 0 Å². The lowest BCUT2D eigenvalue weighted by Crippen LogP contribution is -2.56. The predicted molar refractivity (Wildman–Crippen MR) is 102 cm³/mol. The molecule has 28 heavy (non-hydrogen) atoms. The van der Waals surface area contributed by atoms with Crippen molar-refractivity contribution in [1.29, 1.82) is 0 Å². The topological polar surface area (TPSA) is 185 Å². The van der Waals surface area contributed by atoms with E-state index in [2.05, 4.69) is 10.6 Å². The lowest BCUT2D eigenvalue weighted by atomic mass is 10.1. The number of carboxylic acid groups (broad SMARTS) is 1. The van der Waals surface area contributed by atoms with E-state index in [-0.39, 0.29) is 18.9 Å².